The van der Waals surface area contributed by atoms with Crippen molar-refractivity contribution in [3.8, 4) is 39.8 Å². The molecule has 4 aromatic carbocycles. The maximum Gasteiger partial charge on any atom is 0.368 e. The molecule has 3 heterocycles. The second-order valence-corrected chi connectivity index (χ2v) is 11.0. The van der Waals surface area contributed by atoms with E-state index in [9.17, 15) is 4.79 Å². The largest absolute Gasteiger partial charge is 0.487 e. The third-order valence-corrected chi connectivity index (χ3v) is 7.76. The van der Waals surface area contributed by atoms with E-state index in [1.165, 1.54) is 5.06 Å². The van der Waals surface area contributed by atoms with Gasteiger partial charge in [0.1, 0.15) is 30.5 Å². The van der Waals surface area contributed by atoms with Crippen LogP contribution in [0.1, 0.15) is 17.0 Å². The molecule has 1 aliphatic rings. The van der Waals surface area contributed by atoms with Gasteiger partial charge in [-0.1, -0.05) is 84.9 Å². The second kappa shape index (κ2) is 13.3. The number of carbonyl (C=O) groups excluding carboxylic acids is 1. The molecular weight excluding hydrogens is 590 g/mol. The number of nitrogens with zero attached hydrogens (tertiary/aromatic N) is 3. The summed E-state index contributed by atoms with van der Waals surface area (Å²) in [5, 5.41) is 1.47. The Morgan fingerprint density at radius 3 is 1.51 bits per heavy atom. The summed E-state index contributed by atoms with van der Waals surface area (Å²) in [4.78, 5) is 28.4. The lowest BCUT2D eigenvalue weighted by Crippen LogP contribution is -2.30. The van der Waals surface area contributed by atoms with Crippen LogP contribution in [0.2, 0.25) is 0 Å². The van der Waals surface area contributed by atoms with Gasteiger partial charge in [0.05, 0.1) is 22.8 Å². The van der Waals surface area contributed by atoms with E-state index in [1.54, 1.807) is 55.6 Å². The van der Waals surface area contributed by atoms with E-state index >= 15 is 0 Å². The van der Waals surface area contributed by atoms with Crippen LogP contribution in [-0.4, -0.2) is 28.0 Å². The standard InChI is InChI=1S/C39H31N3O5/c1-42-39(47-42,30-18-20-33(21-19-30)44-26-31-14-8-16-36(40-31)28-10-4-2-5-11-28)38(43)46-35-24-22-34(23-25-35)45-27-32-15-9-17-37(41-32)29-12-6-3-7-13-29/h2-25H,26-27H2,1H3. The summed E-state index contributed by atoms with van der Waals surface area (Å²) in [6.07, 6.45) is 0. The van der Waals surface area contributed by atoms with E-state index in [4.69, 9.17) is 29.0 Å². The molecule has 0 radical (unpaired) electrons. The first kappa shape index (κ1) is 29.9. The Balaban J connectivity index is 0.945. The summed E-state index contributed by atoms with van der Waals surface area (Å²) < 4.78 is 17.7. The van der Waals surface area contributed by atoms with E-state index < -0.39 is 11.7 Å². The van der Waals surface area contributed by atoms with E-state index in [-0.39, 0.29) is 0 Å². The first-order valence-electron chi connectivity index (χ1n) is 15.2. The van der Waals surface area contributed by atoms with Gasteiger partial charge in [0.2, 0.25) is 0 Å². The number of carbonyl (C=O) groups is 1. The fourth-order valence-electron chi connectivity index (χ4n) is 5.23. The summed E-state index contributed by atoms with van der Waals surface area (Å²) in [6, 6.07) is 45.9. The topological polar surface area (TPSA) is 86.1 Å². The number of hydrogen-bond donors (Lipinski definition) is 0. The second-order valence-electron chi connectivity index (χ2n) is 11.0. The lowest BCUT2D eigenvalue weighted by atomic mass is 10.1. The Hall–Kier alpha value is -5.83. The molecule has 2 unspecified atom stereocenters. The minimum Gasteiger partial charge on any atom is -0.487 e. The van der Waals surface area contributed by atoms with E-state index in [0.29, 0.717) is 36.0 Å². The summed E-state index contributed by atoms with van der Waals surface area (Å²) in [6.45, 7) is 0.609. The first-order valence-corrected chi connectivity index (χ1v) is 15.2. The number of aromatic nitrogens is 2. The van der Waals surface area contributed by atoms with Gasteiger partial charge in [-0.25, -0.2) is 14.8 Å². The number of benzene rings is 4. The van der Waals surface area contributed by atoms with Crippen LogP contribution in [-0.2, 0) is 28.6 Å². The molecule has 7 rings (SSSR count). The number of likely N-dealkylation sites (N-methyl/N-ethyl adjacent to an activating group) is 1. The van der Waals surface area contributed by atoms with Crippen molar-refractivity contribution in [3.05, 3.63) is 163 Å². The van der Waals surface area contributed by atoms with Crippen LogP contribution < -0.4 is 14.2 Å². The first-order chi connectivity index (χ1) is 23.1. The average molecular weight is 622 g/mol. The van der Waals surface area contributed by atoms with Gasteiger partial charge in [-0.15, -0.1) is 5.06 Å². The van der Waals surface area contributed by atoms with Crippen molar-refractivity contribution in [1.29, 1.82) is 0 Å². The van der Waals surface area contributed by atoms with Gasteiger partial charge in [-0.05, 0) is 60.7 Å². The number of esters is 1. The molecule has 8 nitrogen and oxygen atoms in total. The van der Waals surface area contributed by atoms with Crippen molar-refractivity contribution in [1.82, 2.24) is 15.0 Å². The van der Waals surface area contributed by atoms with Gasteiger partial charge in [0.25, 0.3) is 5.72 Å². The highest BCUT2D eigenvalue weighted by Crippen LogP contribution is 2.44. The van der Waals surface area contributed by atoms with Crippen LogP contribution in [0.15, 0.2) is 146 Å². The molecule has 232 valence electrons. The fraction of sp³-hybridized carbons (Fsp3) is 0.103. The molecule has 0 aliphatic carbocycles. The van der Waals surface area contributed by atoms with Crippen molar-refractivity contribution in [2.75, 3.05) is 7.05 Å². The number of rotatable bonds is 11. The molecule has 47 heavy (non-hydrogen) atoms. The number of ether oxygens (including phenoxy) is 3. The fourth-order valence-corrected chi connectivity index (χ4v) is 5.23. The molecule has 0 spiro atoms. The molecule has 2 aromatic heterocycles. The molecule has 1 fully saturated rings. The highest BCUT2D eigenvalue weighted by molar-refractivity contribution is 5.84. The molecule has 6 aromatic rings. The molecule has 0 bridgehead atoms. The van der Waals surface area contributed by atoms with Gasteiger partial charge < -0.3 is 14.2 Å². The maximum atomic E-state index is 13.3. The van der Waals surface area contributed by atoms with Crippen LogP contribution >= 0.6 is 0 Å². The van der Waals surface area contributed by atoms with Crippen LogP contribution in [0.4, 0.5) is 0 Å². The Morgan fingerprint density at radius 2 is 1.04 bits per heavy atom. The molecule has 1 aliphatic heterocycles. The smallest absolute Gasteiger partial charge is 0.368 e. The molecule has 1 saturated heterocycles. The highest BCUT2D eigenvalue weighted by atomic mass is 16.9. The molecule has 0 N–H and O–H groups in total. The SMILES string of the molecule is CN1OC1(C(=O)Oc1ccc(OCc2cccc(-c3ccccc3)n2)cc1)c1ccc(OCc2cccc(-c3ccccc3)n2)cc1. The average Bonchev–Trinajstić information content (AvgIpc) is 3.83. The summed E-state index contributed by atoms with van der Waals surface area (Å²) in [7, 11) is 1.69. The quantitative estimate of drug-likeness (QED) is 0.0831. The molecule has 2 atom stereocenters. The normalized spacial score (nSPS) is 16.7. The van der Waals surface area contributed by atoms with Crippen LogP contribution in [0.3, 0.4) is 0 Å². The van der Waals surface area contributed by atoms with Gasteiger partial charge >= 0.3 is 5.97 Å². The van der Waals surface area contributed by atoms with Crippen molar-refractivity contribution in [2.45, 2.75) is 18.9 Å². The lowest BCUT2D eigenvalue weighted by Gasteiger charge is -2.13. The number of hydroxylamine groups is 2. The van der Waals surface area contributed by atoms with Crippen LogP contribution in [0, 0.1) is 0 Å². The maximum absolute atomic E-state index is 13.3. The van der Waals surface area contributed by atoms with E-state index in [2.05, 4.69) is 0 Å². The summed E-state index contributed by atoms with van der Waals surface area (Å²) in [5.41, 5.74) is 4.79. The van der Waals surface area contributed by atoms with Crippen molar-refractivity contribution >= 4 is 5.97 Å². The zero-order valence-electron chi connectivity index (χ0n) is 25.7. The number of hydrogen-bond acceptors (Lipinski definition) is 8. The molecule has 0 amide bonds. The van der Waals surface area contributed by atoms with E-state index in [1.807, 2.05) is 97.1 Å². The van der Waals surface area contributed by atoms with Gasteiger partial charge in [0, 0.05) is 23.7 Å². The van der Waals surface area contributed by atoms with Gasteiger partial charge in [0.15, 0.2) is 0 Å². The lowest BCUT2D eigenvalue weighted by molar-refractivity contribution is -0.141. The van der Waals surface area contributed by atoms with Crippen molar-refractivity contribution in [3.63, 3.8) is 0 Å². The van der Waals surface area contributed by atoms with Crippen molar-refractivity contribution in [2.24, 2.45) is 0 Å². The third kappa shape index (κ3) is 6.74. The predicted octanol–water partition coefficient (Wildman–Crippen LogP) is 7.60. The Kier molecular flexibility index (Phi) is 8.43. The highest BCUT2D eigenvalue weighted by Gasteiger charge is 2.62. The van der Waals surface area contributed by atoms with Crippen LogP contribution in [0.5, 0.6) is 17.2 Å². The summed E-state index contributed by atoms with van der Waals surface area (Å²) in [5.74, 6) is 1.10. The molecular formula is C39H31N3O5. The summed E-state index contributed by atoms with van der Waals surface area (Å²) >= 11 is 0. The Bertz CT molecular complexity index is 1970. The van der Waals surface area contributed by atoms with Crippen LogP contribution in [0.25, 0.3) is 22.5 Å². The van der Waals surface area contributed by atoms with Crippen molar-refractivity contribution < 1.29 is 23.8 Å². The molecule has 8 heteroatoms. The Labute approximate surface area is 272 Å². The van der Waals surface area contributed by atoms with Gasteiger partial charge in [-0.3, -0.25) is 4.84 Å². The van der Waals surface area contributed by atoms with Gasteiger partial charge in [-0.2, -0.15) is 0 Å². The monoisotopic (exact) mass is 621 g/mol. The number of pyridine rings is 2. The zero-order valence-corrected chi connectivity index (χ0v) is 25.7. The Morgan fingerprint density at radius 1 is 0.596 bits per heavy atom. The third-order valence-electron chi connectivity index (χ3n) is 7.76. The van der Waals surface area contributed by atoms with E-state index in [0.717, 1.165) is 33.9 Å². The zero-order chi connectivity index (χ0) is 32.1. The predicted molar refractivity (Wildman–Crippen MR) is 177 cm³/mol. The minimum atomic E-state index is -1.34. The minimum absolute atomic E-state index is 0.303. The molecule has 0 saturated carbocycles.